The van der Waals surface area contributed by atoms with Crippen LogP contribution in [0.15, 0.2) is 244 Å². The molecule has 0 radical (unpaired) electrons. The van der Waals surface area contributed by atoms with E-state index in [4.69, 9.17) is 13.3 Å². The van der Waals surface area contributed by atoms with Crippen molar-refractivity contribution in [2.24, 2.45) is 0 Å². The summed E-state index contributed by atoms with van der Waals surface area (Å²) < 4.78 is 24.3. The zero-order valence-electron chi connectivity index (χ0n) is 37.1. The van der Waals surface area contributed by atoms with Crippen LogP contribution in [-0.4, -0.2) is 9.13 Å². The second-order valence-electron chi connectivity index (χ2n) is 18.1. The number of hydrogen-bond donors (Lipinski definition) is 0. The maximum atomic E-state index is 6.70. The molecule has 15 aromatic rings. The molecule has 0 aliphatic heterocycles. The maximum absolute atomic E-state index is 6.70. The number of hydrogen-bond acceptors (Lipinski definition) is 3. The van der Waals surface area contributed by atoms with Gasteiger partial charge in [-0.25, -0.2) is 0 Å². The van der Waals surface area contributed by atoms with Crippen molar-refractivity contribution in [1.29, 1.82) is 0 Å². The van der Waals surface area contributed by atoms with Gasteiger partial charge < -0.3 is 22.4 Å². The lowest BCUT2D eigenvalue weighted by Gasteiger charge is -2.09. The molecule has 69 heavy (non-hydrogen) atoms. The van der Waals surface area contributed by atoms with Crippen molar-refractivity contribution in [1.82, 2.24) is 9.13 Å². The molecule has 0 aliphatic rings. The van der Waals surface area contributed by atoms with Gasteiger partial charge in [0.25, 0.3) is 0 Å². The molecular weight excluding hydrogens is 845 g/mol. The molecule has 0 saturated carbocycles. The molecule has 0 bridgehead atoms. The van der Waals surface area contributed by atoms with Crippen LogP contribution in [0.3, 0.4) is 0 Å². The largest absolute Gasteiger partial charge is 0.456 e. The summed E-state index contributed by atoms with van der Waals surface area (Å²) >= 11 is 0. The van der Waals surface area contributed by atoms with Gasteiger partial charge in [0, 0.05) is 65.6 Å². The average Bonchev–Trinajstić information content (AvgIpc) is 4.25. The maximum Gasteiger partial charge on any atom is 0.135 e. The van der Waals surface area contributed by atoms with E-state index in [1.807, 2.05) is 0 Å². The summed E-state index contributed by atoms with van der Waals surface area (Å²) in [5.41, 5.74) is 17.0. The lowest BCUT2D eigenvalue weighted by molar-refractivity contribution is 0.597. The Hall–Kier alpha value is -9.32. The SMILES string of the molecule is c1ccc(-c2ccc3c(c2)c2ccccc2n3-c2ccc3oc4ccc(-c5ccc(-c6ccc7oc8ccc(-n9c%10ccccc%10c%10cc(-c%11ccccc%11)ccc%109)cc8c7c6)o5)cc4c3c2)cc1. The fourth-order valence-electron chi connectivity index (χ4n) is 10.9. The van der Waals surface area contributed by atoms with Crippen molar-refractivity contribution in [3.05, 3.63) is 231 Å². The topological polar surface area (TPSA) is 49.3 Å². The molecule has 0 spiro atoms. The molecule has 322 valence electrons. The Morgan fingerprint density at radius 2 is 0.580 bits per heavy atom. The Morgan fingerprint density at radius 3 is 1.04 bits per heavy atom. The lowest BCUT2D eigenvalue weighted by Crippen LogP contribution is -1.93. The first-order valence-corrected chi connectivity index (χ1v) is 23.4. The van der Waals surface area contributed by atoms with Gasteiger partial charge in [0.1, 0.15) is 33.9 Å². The van der Waals surface area contributed by atoms with E-state index in [1.54, 1.807) is 0 Å². The summed E-state index contributed by atoms with van der Waals surface area (Å²) in [5, 5.41) is 9.08. The minimum Gasteiger partial charge on any atom is -0.456 e. The van der Waals surface area contributed by atoms with Crippen molar-refractivity contribution >= 4 is 87.5 Å². The molecule has 0 atom stereocenters. The molecule has 15 rings (SSSR count). The van der Waals surface area contributed by atoms with Crippen molar-refractivity contribution in [3.8, 4) is 56.3 Å². The van der Waals surface area contributed by atoms with Gasteiger partial charge in [-0.15, -0.1) is 0 Å². The van der Waals surface area contributed by atoms with Gasteiger partial charge in [0.2, 0.25) is 0 Å². The Morgan fingerprint density at radius 1 is 0.217 bits per heavy atom. The number of nitrogens with zero attached hydrogens (tertiary/aromatic N) is 2. The number of aromatic nitrogens is 2. The van der Waals surface area contributed by atoms with Crippen LogP contribution in [0.2, 0.25) is 0 Å². The standard InChI is InChI=1S/C64H38N2O3/c1-3-11-39(12-4-1)41-19-25-57-49(33-41)47-15-7-9-17-55(47)65(57)45-23-29-63-53(37-45)51-35-43(21-27-61(51)68-63)59-31-32-60(67-59)44-22-28-62-52(36-44)54-38-46(24-30-64(54)69-62)66-56-18-10-8-16-48(56)50-34-42(20-26-58(50)66)40-13-5-2-6-14-40/h1-38H. The molecule has 0 aliphatic carbocycles. The summed E-state index contributed by atoms with van der Waals surface area (Å²) in [5.74, 6) is 1.57. The van der Waals surface area contributed by atoms with Gasteiger partial charge in [0.05, 0.1) is 22.1 Å². The second kappa shape index (κ2) is 14.6. The predicted octanol–water partition coefficient (Wildman–Crippen LogP) is 17.9. The van der Waals surface area contributed by atoms with Crippen molar-refractivity contribution in [2.75, 3.05) is 0 Å². The van der Waals surface area contributed by atoms with Gasteiger partial charge in [-0.05, 0) is 144 Å². The number of para-hydroxylation sites is 2. The van der Waals surface area contributed by atoms with E-state index in [2.05, 4.69) is 240 Å². The molecule has 5 heteroatoms. The van der Waals surface area contributed by atoms with Crippen molar-refractivity contribution in [3.63, 3.8) is 0 Å². The third-order valence-corrected chi connectivity index (χ3v) is 14.2. The number of rotatable bonds is 6. The molecule has 0 saturated heterocycles. The quantitative estimate of drug-likeness (QED) is 0.167. The average molecular weight is 883 g/mol. The van der Waals surface area contributed by atoms with E-state index >= 15 is 0 Å². The molecule has 5 nitrogen and oxygen atoms in total. The third-order valence-electron chi connectivity index (χ3n) is 14.2. The first-order chi connectivity index (χ1) is 34.2. The van der Waals surface area contributed by atoms with Crippen LogP contribution in [0.4, 0.5) is 0 Å². The highest BCUT2D eigenvalue weighted by Crippen LogP contribution is 2.41. The van der Waals surface area contributed by atoms with Crippen LogP contribution in [0.1, 0.15) is 0 Å². The van der Waals surface area contributed by atoms with Gasteiger partial charge in [-0.1, -0.05) is 109 Å². The van der Waals surface area contributed by atoms with Crippen molar-refractivity contribution < 1.29 is 13.3 Å². The Balaban J connectivity index is 0.794. The lowest BCUT2D eigenvalue weighted by atomic mass is 10.0. The van der Waals surface area contributed by atoms with Gasteiger partial charge in [-0.2, -0.15) is 0 Å². The Bertz CT molecular complexity index is 4250. The van der Waals surface area contributed by atoms with Crippen molar-refractivity contribution in [2.45, 2.75) is 0 Å². The zero-order chi connectivity index (χ0) is 45.2. The van der Waals surface area contributed by atoms with Gasteiger partial charge in [0.15, 0.2) is 0 Å². The third kappa shape index (κ3) is 5.84. The smallest absolute Gasteiger partial charge is 0.135 e. The number of furan rings is 3. The summed E-state index contributed by atoms with van der Waals surface area (Å²) in [4.78, 5) is 0. The molecule has 0 fully saturated rings. The molecule has 0 N–H and O–H groups in total. The number of fused-ring (bicyclic) bond motifs is 12. The molecule has 0 amide bonds. The van der Waals surface area contributed by atoms with E-state index < -0.39 is 0 Å². The first kappa shape index (κ1) is 37.9. The van der Waals surface area contributed by atoms with Crippen LogP contribution < -0.4 is 0 Å². The van der Waals surface area contributed by atoms with Crippen LogP contribution in [0, 0.1) is 0 Å². The number of benzene rings is 10. The summed E-state index contributed by atoms with van der Waals surface area (Å²) in [7, 11) is 0. The Labute approximate surface area is 394 Å². The highest BCUT2D eigenvalue weighted by atomic mass is 16.3. The van der Waals surface area contributed by atoms with E-state index in [9.17, 15) is 0 Å². The van der Waals surface area contributed by atoms with E-state index in [0.717, 1.165) is 100.0 Å². The monoisotopic (exact) mass is 882 g/mol. The highest BCUT2D eigenvalue weighted by Gasteiger charge is 2.19. The fourth-order valence-corrected chi connectivity index (χ4v) is 10.9. The predicted molar refractivity (Wildman–Crippen MR) is 284 cm³/mol. The zero-order valence-corrected chi connectivity index (χ0v) is 37.1. The van der Waals surface area contributed by atoms with Gasteiger partial charge >= 0.3 is 0 Å². The molecule has 5 aromatic heterocycles. The second-order valence-corrected chi connectivity index (χ2v) is 18.1. The van der Waals surface area contributed by atoms with E-state index in [-0.39, 0.29) is 0 Å². The van der Waals surface area contributed by atoms with Crippen LogP contribution in [0.25, 0.3) is 144 Å². The van der Waals surface area contributed by atoms with Crippen LogP contribution in [0.5, 0.6) is 0 Å². The molecular formula is C64H38N2O3. The van der Waals surface area contributed by atoms with Crippen LogP contribution >= 0.6 is 0 Å². The van der Waals surface area contributed by atoms with Crippen LogP contribution in [-0.2, 0) is 0 Å². The minimum absolute atomic E-state index is 0.787. The molecule has 0 unspecified atom stereocenters. The highest BCUT2D eigenvalue weighted by molar-refractivity contribution is 6.13. The molecule has 10 aromatic carbocycles. The normalized spacial score (nSPS) is 12.1. The Kier molecular flexibility index (Phi) is 8.00. The minimum atomic E-state index is 0.787. The van der Waals surface area contributed by atoms with Gasteiger partial charge in [-0.3, -0.25) is 0 Å². The fraction of sp³-hybridized carbons (Fsp3) is 0. The first-order valence-electron chi connectivity index (χ1n) is 23.4. The summed E-state index contributed by atoms with van der Waals surface area (Å²) in [6, 6.07) is 81.9. The summed E-state index contributed by atoms with van der Waals surface area (Å²) in [6.07, 6.45) is 0. The van der Waals surface area contributed by atoms with E-state index in [0.29, 0.717) is 0 Å². The summed E-state index contributed by atoms with van der Waals surface area (Å²) in [6.45, 7) is 0. The van der Waals surface area contributed by atoms with E-state index in [1.165, 1.54) is 43.8 Å². The molecule has 5 heterocycles.